The van der Waals surface area contributed by atoms with Crippen LogP contribution in [0.3, 0.4) is 0 Å². The predicted octanol–water partition coefficient (Wildman–Crippen LogP) is 2.21. The van der Waals surface area contributed by atoms with Gasteiger partial charge in [0, 0.05) is 5.69 Å². The number of nitrogens with two attached hydrogens (primary N) is 1. The number of fused-ring (bicyclic) bond motifs is 1. The summed E-state index contributed by atoms with van der Waals surface area (Å²) in [5.41, 5.74) is 6.89. The van der Waals surface area contributed by atoms with Crippen LogP contribution in [0.25, 0.3) is 10.8 Å². The van der Waals surface area contributed by atoms with Crippen molar-refractivity contribution in [3.05, 3.63) is 42.0 Å². The van der Waals surface area contributed by atoms with Crippen molar-refractivity contribution in [3.63, 3.8) is 0 Å². The lowest BCUT2D eigenvalue weighted by atomic mass is 10.1. The average molecular weight is 201 g/mol. The summed E-state index contributed by atoms with van der Waals surface area (Å²) in [4.78, 5) is 11.3. The Kier molecular flexibility index (Phi) is 2.29. The molecule has 0 aliphatic carbocycles. The molecule has 0 fully saturated rings. The molecule has 0 heterocycles. The molecular formula is C12H11NO2. The second-order valence-electron chi connectivity index (χ2n) is 3.31. The number of carbonyl (C=O) groups excluding carboxylic acids is 1. The number of methoxy groups -OCH3 is 1. The molecule has 2 aromatic rings. The zero-order chi connectivity index (χ0) is 10.8. The van der Waals surface area contributed by atoms with Crippen molar-refractivity contribution in [2.75, 3.05) is 12.8 Å². The number of anilines is 1. The van der Waals surface area contributed by atoms with Crippen molar-refractivity contribution < 1.29 is 9.53 Å². The molecule has 0 spiro atoms. The molecule has 15 heavy (non-hydrogen) atoms. The van der Waals surface area contributed by atoms with Gasteiger partial charge >= 0.3 is 5.97 Å². The van der Waals surface area contributed by atoms with Crippen LogP contribution < -0.4 is 5.73 Å². The summed E-state index contributed by atoms with van der Waals surface area (Å²) in [5, 5.41) is 2.00. The van der Waals surface area contributed by atoms with E-state index in [1.165, 1.54) is 7.11 Å². The number of hydrogen-bond donors (Lipinski definition) is 1. The molecule has 0 aliphatic heterocycles. The highest BCUT2D eigenvalue weighted by Crippen LogP contribution is 2.19. The number of benzene rings is 2. The Bertz CT molecular complexity index is 520. The Morgan fingerprint density at radius 1 is 1.13 bits per heavy atom. The van der Waals surface area contributed by atoms with Gasteiger partial charge in [0.25, 0.3) is 0 Å². The van der Waals surface area contributed by atoms with Crippen molar-refractivity contribution in [1.29, 1.82) is 0 Å². The quantitative estimate of drug-likeness (QED) is 0.568. The van der Waals surface area contributed by atoms with E-state index in [9.17, 15) is 4.79 Å². The van der Waals surface area contributed by atoms with Gasteiger partial charge in [0.2, 0.25) is 0 Å². The highest BCUT2D eigenvalue weighted by atomic mass is 16.5. The van der Waals surface area contributed by atoms with E-state index in [2.05, 4.69) is 4.74 Å². The van der Waals surface area contributed by atoms with Crippen LogP contribution in [0.1, 0.15) is 10.4 Å². The number of hydrogen-bond acceptors (Lipinski definition) is 3. The summed E-state index contributed by atoms with van der Waals surface area (Å²) in [6.07, 6.45) is 0. The van der Waals surface area contributed by atoms with Gasteiger partial charge < -0.3 is 10.5 Å². The topological polar surface area (TPSA) is 52.3 Å². The fourth-order valence-electron chi connectivity index (χ4n) is 1.51. The lowest BCUT2D eigenvalue weighted by molar-refractivity contribution is 0.0601. The fraction of sp³-hybridized carbons (Fsp3) is 0.0833. The van der Waals surface area contributed by atoms with Gasteiger partial charge in [0.1, 0.15) is 0 Å². The summed E-state index contributed by atoms with van der Waals surface area (Å²) >= 11 is 0. The first-order chi connectivity index (χ1) is 7.20. The minimum absolute atomic E-state index is 0.334. The third-order valence-corrected chi connectivity index (χ3v) is 2.29. The van der Waals surface area contributed by atoms with Crippen LogP contribution in [-0.4, -0.2) is 13.1 Å². The van der Waals surface area contributed by atoms with Crippen LogP contribution in [0.2, 0.25) is 0 Å². The first-order valence-electron chi connectivity index (χ1n) is 4.58. The smallest absolute Gasteiger partial charge is 0.337 e. The number of esters is 1. The highest BCUT2D eigenvalue weighted by Gasteiger charge is 2.05. The molecular weight excluding hydrogens is 190 g/mol. The van der Waals surface area contributed by atoms with Gasteiger partial charge in [-0.05, 0) is 35.0 Å². The number of ether oxygens (including phenoxy) is 1. The first-order valence-corrected chi connectivity index (χ1v) is 4.58. The van der Waals surface area contributed by atoms with Gasteiger partial charge in [-0.1, -0.05) is 12.1 Å². The Hall–Kier alpha value is -2.03. The minimum Gasteiger partial charge on any atom is -0.465 e. The van der Waals surface area contributed by atoms with Crippen molar-refractivity contribution in [2.24, 2.45) is 0 Å². The van der Waals surface area contributed by atoms with Crippen LogP contribution in [-0.2, 0) is 4.74 Å². The van der Waals surface area contributed by atoms with Gasteiger partial charge in [-0.2, -0.15) is 0 Å². The molecule has 0 aromatic heterocycles. The highest BCUT2D eigenvalue weighted by molar-refractivity contribution is 5.96. The maximum Gasteiger partial charge on any atom is 0.337 e. The van der Waals surface area contributed by atoms with E-state index in [-0.39, 0.29) is 5.97 Å². The molecule has 0 bridgehead atoms. The third kappa shape index (κ3) is 1.76. The molecule has 76 valence electrons. The van der Waals surface area contributed by atoms with E-state index in [0.717, 1.165) is 10.8 Å². The largest absolute Gasteiger partial charge is 0.465 e. The first kappa shape index (κ1) is 9.52. The van der Waals surface area contributed by atoms with Crippen LogP contribution >= 0.6 is 0 Å². The van der Waals surface area contributed by atoms with Crippen molar-refractivity contribution in [3.8, 4) is 0 Å². The van der Waals surface area contributed by atoms with Crippen LogP contribution in [0.5, 0.6) is 0 Å². The number of carbonyl (C=O) groups is 1. The number of rotatable bonds is 1. The van der Waals surface area contributed by atoms with E-state index in [4.69, 9.17) is 5.73 Å². The van der Waals surface area contributed by atoms with E-state index < -0.39 is 0 Å². The molecule has 0 unspecified atom stereocenters. The van der Waals surface area contributed by atoms with Crippen molar-refractivity contribution >= 4 is 22.4 Å². The average Bonchev–Trinajstić information content (AvgIpc) is 2.27. The van der Waals surface area contributed by atoms with E-state index >= 15 is 0 Å². The SMILES string of the molecule is COC(=O)c1ccc2ccc(N)cc2c1. The maximum atomic E-state index is 11.3. The Morgan fingerprint density at radius 3 is 2.60 bits per heavy atom. The molecule has 0 saturated heterocycles. The van der Waals surface area contributed by atoms with Crippen LogP contribution in [0.15, 0.2) is 36.4 Å². The van der Waals surface area contributed by atoms with Gasteiger partial charge in [0.15, 0.2) is 0 Å². The van der Waals surface area contributed by atoms with Gasteiger partial charge in [-0.3, -0.25) is 0 Å². The molecule has 2 aromatic carbocycles. The molecule has 0 amide bonds. The van der Waals surface area contributed by atoms with E-state index in [1.807, 2.05) is 24.3 Å². The Labute approximate surface area is 87.5 Å². The zero-order valence-electron chi connectivity index (χ0n) is 8.36. The summed E-state index contributed by atoms with van der Waals surface area (Å²) in [6, 6.07) is 11.0. The van der Waals surface area contributed by atoms with Crippen molar-refractivity contribution in [1.82, 2.24) is 0 Å². The van der Waals surface area contributed by atoms with E-state index in [0.29, 0.717) is 11.3 Å². The molecule has 0 saturated carbocycles. The monoisotopic (exact) mass is 201 g/mol. The second-order valence-corrected chi connectivity index (χ2v) is 3.31. The number of nitrogen functional groups attached to an aromatic ring is 1. The molecule has 2 N–H and O–H groups in total. The standard InChI is InChI=1S/C12H11NO2/c1-15-12(14)9-3-2-8-4-5-11(13)7-10(8)6-9/h2-7H,13H2,1H3. The zero-order valence-corrected chi connectivity index (χ0v) is 8.36. The third-order valence-electron chi connectivity index (χ3n) is 2.29. The summed E-state index contributed by atoms with van der Waals surface area (Å²) < 4.78 is 4.65. The molecule has 3 nitrogen and oxygen atoms in total. The normalized spacial score (nSPS) is 10.2. The van der Waals surface area contributed by atoms with Gasteiger partial charge in [-0.25, -0.2) is 4.79 Å². The summed E-state index contributed by atoms with van der Waals surface area (Å²) in [6.45, 7) is 0. The van der Waals surface area contributed by atoms with Gasteiger partial charge in [-0.15, -0.1) is 0 Å². The predicted molar refractivity (Wildman–Crippen MR) is 59.7 cm³/mol. The molecule has 0 aliphatic rings. The summed E-state index contributed by atoms with van der Waals surface area (Å²) in [7, 11) is 1.37. The molecule has 3 heteroatoms. The molecule has 0 atom stereocenters. The summed E-state index contributed by atoms with van der Waals surface area (Å²) in [5.74, 6) is -0.334. The van der Waals surface area contributed by atoms with Gasteiger partial charge in [0.05, 0.1) is 12.7 Å². The Balaban J connectivity index is 2.59. The molecule has 0 radical (unpaired) electrons. The van der Waals surface area contributed by atoms with Crippen molar-refractivity contribution in [2.45, 2.75) is 0 Å². The van der Waals surface area contributed by atoms with E-state index in [1.54, 1.807) is 12.1 Å². The second kappa shape index (κ2) is 3.61. The minimum atomic E-state index is -0.334. The van der Waals surface area contributed by atoms with Crippen LogP contribution in [0.4, 0.5) is 5.69 Å². The Morgan fingerprint density at radius 2 is 1.87 bits per heavy atom. The lowest BCUT2D eigenvalue weighted by Gasteiger charge is -2.02. The maximum absolute atomic E-state index is 11.3. The lowest BCUT2D eigenvalue weighted by Crippen LogP contribution is -2.00. The molecule has 2 rings (SSSR count). The fourth-order valence-corrected chi connectivity index (χ4v) is 1.51. The van der Waals surface area contributed by atoms with Crippen LogP contribution in [0, 0.1) is 0 Å².